The Balaban J connectivity index is 1.63. The molecule has 0 saturated heterocycles. The van der Waals surface area contributed by atoms with E-state index in [-0.39, 0.29) is 12.0 Å². The average Bonchev–Trinajstić information content (AvgIpc) is 3.22. The van der Waals surface area contributed by atoms with Crippen LogP contribution >= 0.6 is 0 Å². The molecule has 0 radical (unpaired) electrons. The fraction of sp³-hybridized carbons (Fsp3) is 0.238. The van der Waals surface area contributed by atoms with E-state index in [1.165, 1.54) is 0 Å². The standard InChI is InChI=1S/C21H21N7O/c1-13(2)18(21-27-20(28-29-21)16-7-5-9-23-12-16)25-17-10-14(3)24-19(26-17)15-6-4-8-22-11-15/h4-13,18H,1-3H3,(H,24,25,26). The summed E-state index contributed by atoms with van der Waals surface area (Å²) in [7, 11) is 0. The van der Waals surface area contributed by atoms with Gasteiger partial charge in [-0.3, -0.25) is 9.97 Å². The molecule has 4 rings (SSSR count). The smallest absolute Gasteiger partial charge is 0.249 e. The number of pyridine rings is 2. The van der Waals surface area contributed by atoms with Crippen LogP contribution in [0.5, 0.6) is 0 Å². The van der Waals surface area contributed by atoms with Gasteiger partial charge >= 0.3 is 0 Å². The quantitative estimate of drug-likeness (QED) is 0.527. The van der Waals surface area contributed by atoms with Gasteiger partial charge in [0, 0.05) is 47.7 Å². The lowest BCUT2D eigenvalue weighted by Gasteiger charge is -2.19. The maximum atomic E-state index is 5.56. The Labute approximate surface area is 168 Å². The minimum atomic E-state index is -0.205. The molecule has 0 bridgehead atoms. The Bertz CT molecular complexity index is 1080. The normalized spacial score (nSPS) is 12.1. The zero-order chi connectivity index (χ0) is 20.2. The molecule has 0 saturated carbocycles. The minimum absolute atomic E-state index is 0.189. The number of rotatable bonds is 6. The predicted molar refractivity (Wildman–Crippen MR) is 109 cm³/mol. The van der Waals surface area contributed by atoms with E-state index in [1.807, 2.05) is 37.3 Å². The highest BCUT2D eigenvalue weighted by molar-refractivity contribution is 5.56. The largest absolute Gasteiger partial charge is 0.358 e. The Morgan fingerprint density at radius 3 is 2.21 bits per heavy atom. The molecule has 0 aliphatic carbocycles. The Hall–Kier alpha value is -3.68. The van der Waals surface area contributed by atoms with E-state index in [9.17, 15) is 0 Å². The van der Waals surface area contributed by atoms with E-state index < -0.39 is 0 Å². The number of hydrogen-bond acceptors (Lipinski definition) is 8. The second-order valence-electron chi connectivity index (χ2n) is 7.02. The first-order valence-electron chi connectivity index (χ1n) is 9.37. The lowest BCUT2D eigenvalue weighted by molar-refractivity contribution is 0.335. The van der Waals surface area contributed by atoms with Crippen LogP contribution in [0.25, 0.3) is 22.8 Å². The van der Waals surface area contributed by atoms with Crippen LogP contribution in [0, 0.1) is 12.8 Å². The third-order valence-electron chi connectivity index (χ3n) is 4.37. The summed E-state index contributed by atoms with van der Waals surface area (Å²) in [6, 6.07) is 9.23. The van der Waals surface area contributed by atoms with Gasteiger partial charge in [-0.05, 0) is 37.1 Å². The first-order chi connectivity index (χ1) is 14.1. The summed E-state index contributed by atoms with van der Waals surface area (Å²) in [4.78, 5) is 22.0. The van der Waals surface area contributed by atoms with Gasteiger partial charge in [0.15, 0.2) is 5.82 Å². The highest BCUT2D eigenvalue weighted by atomic mass is 16.5. The third-order valence-corrected chi connectivity index (χ3v) is 4.37. The van der Waals surface area contributed by atoms with Crippen molar-refractivity contribution in [3.05, 3.63) is 66.7 Å². The molecule has 0 fully saturated rings. The fourth-order valence-corrected chi connectivity index (χ4v) is 2.91. The van der Waals surface area contributed by atoms with Crippen LogP contribution in [0.15, 0.2) is 59.6 Å². The highest BCUT2D eigenvalue weighted by Crippen LogP contribution is 2.27. The number of nitrogens with one attached hydrogen (secondary N) is 1. The van der Waals surface area contributed by atoms with Gasteiger partial charge in [0.25, 0.3) is 0 Å². The van der Waals surface area contributed by atoms with Crippen LogP contribution in [0.4, 0.5) is 5.82 Å². The van der Waals surface area contributed by atoms with Gasteiger partial charge in [0.2, 0.25) is 11.7 Å². The second-order valence-corrected chi connectivity index (χ2v) is 7.02. The van der Waals surface area contributed by atoms with Crippen molar-refractivity contribution in [2.45, 2.75) is 26.8 Å². The van der Waals surface area contributed by atoms with E-state index in [0.717, 1.165) is 16.8 Å². The van der Waals surface area contributed by atoms with Gasteiger partial charge in [-0.2, -0.15) is 4.98 Å². The summed E-state index contributed by atoms with van der Waals surface area (Å²) < 4.78 is 5.56. The zero-order valence-electron chi connectivity index (χ0n) is 16.4. The van der Waals surface area contributed by atoms with Crippen LogP contribution in [0.2, 0.25) is 0 Å². The summed E-state index contributed by atoms with van der Waals surface area (Å²) >= 11 is 0. The topological polar surface area (TPSA) is 103 Å². The first kappa shape index (κ1) is 18.7. The molecule has 8 heteroatoms. The van der Waals surface area contributed by atoms with Gasteiger partial charge in [0.1, 0.15) is 11.9 Å². The molecule has 0 aliphatic heterocycles. The van der Waals surface area contributed by atoms with Crippen molar-refractivity contribution >= 4 is 5.82 Å². The van der Waals surface area contributed by atoms with Crippen LogP contribution in [0.3, 0.4) is 0 Å². The van der Waals surface area contributed by atoms with E-state index in [2.05, 4.69) is 49.2 Å². The summed E-state index contributed by atoms with van der Waals surface area (Å²) in [5, 5.41) is 7.53. The molecule has 0 amide bonds. The molecular formula is C21H21N7O. The molecule has 0 aromatic carbocycles. The average molecular weight is 387 g/mol. The summed E-state index contributed by atoms with van der Waals surface area (Å²) in [5.41, 5.74) is 2.52. The van der Waals surface area contributed by atoms with Crippen molar-refractivity contribution in [3.8, 4) is 22.8 Å². The molecule has 29 heavy (non-hydrogen) atoms. The van der Waals surface area contributed by atoms with Crippen molar-refractivity contribution in [3.63, 3.8) is 0 Å². The maximum absolute atomic E-state index is 5.56. The summed E-state index contributed by atoms with van der Waals surface area (Å²) in [6.45, 7) is 6.10. The monoisotopic (exact) mass is 387 g/mol. The number of aryl methyl sites for hydroxylation is 1. The molecule has 1 N–H and O–H groups in total. The maximum Gasteiger partial charge on any atom is 0.249 e. The molecule has 1 unspecified atom stereocenters. The van der Waals surface area contributed by atoms with Crippen molar-refractivity contribution in [2.75, 3.05) is 5.32 Å². The molecule has 0 spiro atoms. The summed E-state index contributed by atoms with van der Waals surface area (Å²) in [6.07, 6.45) is 6.89. The Morgan fingerprint density at radius 2 is 1.59 bits per heavy atom. The van der Waals surface area contributed by atoms with E-state index in [4.69, 9.17) is 4.52 Å². The van der Waals surface area contributed by atoms with Crippen LogP contribution in [-0.4, -0.2) is 30.1 Å². The van der Waals surface area contributed by atoms with Crippen molar-refractivity contribution < 1.29 is 4.52 Å². The van der Waals surface area contributed by atoms with Gasteiger partial charge in [-0.15, -0.1) is 0 Å². The highest BCUT2D eigenvalue weighted by Gasteiger charge is 2.24. The fourth-order valence-electron chi connectivity index (χ4n) is 2.91. The third kappa shape index (κ3) is 4.26. The molecular weight excluding hydrogens is 366 g/mol. The predicted octanol–water partition coefficient (Wildman–Crippen LogP) is 4.10. The first-order valence-corrected chi connectivity index (χ1v) is 9.37. The van der Waals surface area contributed by atoms with Gasteiger partial charge < -0.3 is 9.84 Å². The number of hydrogen-bond donors (Lipinski definition) is 1. The molecule has 146 valence electrons. The molecule has 1 atom stereocenters. The van der Waals surface area contributed by atoms with Crippen LogP contribution < -0.4 is 5.32 Å². The molecule has 4 aromatic rings. The van der Waals surface area contributed by atoms with E-state index in [0.29, 0.717) is 23.4 Å². The number of anilines is 1. The van der Waals surface area contributed by atoms with Crippen molar-refractivity contribution in [1.29, 1.82) is 0 Å². The molecule has 4 aromatic heterocycles. The second kappa shape index (κ2) is 8.14. The SMILES string of the molecule is Cc1cc(NC(c2nc(-c3cccnc3)no2)C(C)C)nc(-c2cccnc2)n1. The Kier molecular flexibility index (Phi) is 5.24. The molecule has 0 aliphatic rings. The zero-order valence-corrected chi connectivity index (χ0v) is 16.4. The van der Waals surface area contributed by atoms with Crippen molar-refractivity contribution in [2.24, 2.45) is 5.92 Å². The number of aromatic nitrogens is 6. The Morgan fingerprint density at radius 1 is 0.897 bits per heavy atom. The molecule has 4 heterocycles. The minimum Gasteiger partial charge on any atom is -0.358 e. The van der Waals surface area contributed by atoms with Crippen LogP contribution in [0.1, 0.15) is 31.5 Å². The van der Waals surface area contributed by atoms with Crippen molar-refractivity contribution in [1.82, 2.24) is 30.1 Å². The molecule has 8 nitrogen and oxygen atoms in total. The van der Waals surface area contributed by atoms with E-state index in [1.54, 1.807) is 24.8 Å². The summed E-state index contributed by atoms with van der Waals surface area (Å²) in [5.74, 6) is 2.50. The van der Waals surface area contributed by atoms with Gasteiger partial charge in [-0.25, -0.2) is 9.97 Å². The number of nitrogens with zero attached hydrogens (tertiary/aromatic N) is 6. The lowest BCUT2D eigenvalue weighted by Crippen LogP contribution is -2.18. The van der Waals surface area contributed by atoms with Gasteiger partial charge in [0.05, 0.1) is 0 Å². The van der Waals surface area contributed by atoms with Crippen LogP contribution in [-0.2, 0) is 0 Å². The lowest BCUT2D eigenvalue weighted by atomic mass is 10.0. The van der Waals surface area contributed by atoms with E-state index >= 15 is 0 Å². The van der Waals surface area contributed by atoms with Gasteiger partial charge in [-0.1, -0.05) is 19.0 Å².